The van der Waals surface area contributed by atoms with E-state index in [-0.39, 0.29) is 28.5 Å². The molecule has 1 saturated carbocycles. The minimum atomic E-state index is -0.403. The molecule has 2 aromatic heterocycles. The molecule has 0 aliphatic heterocycles. The van der Waals surface area contributed by atoms with Crippen LogP contribution >= 0.6 is 11.5 Å². The molecule has 0 bridgehead atoms. The Labute approximate surface area is 147 Å². The van der Waals surface area contributed by atoms with Gasteiger partial charge in [0.05, 0.1) is 5.52 Å². The van der Waals surface area contributed by atoms with Gasteiger partial charge >= 0.3 is 0 Å². The molecule has 4 rings (SSSR count). The Morgan fingerprint density at radius 1 is 1.28 bits per heavy atom. The smallest absolute Gasteiger partial charge is 0.271 e. The number of hydrogen-bond acceptors (Lipinski definition) is 4. The van der Waals surface area contributed by atoms with Crippen molar-refractivity contribution in [2.45, 2.75) is 51.1 Å². The van der Waals surface area contributed by atoms with E-state index < -0.39 is 11.0 Å². The Balaban J connectivity index is 2.00. The molecule has 25 heavy (non-hydrogen) atoms. The summed E-state index contributed by atoms with van der Waals surface area (Å²) in [6, 6.07) is 3.32. The Morgan fingerprint density at radius 2 is 2.00 bits per heavy atom. The molecule has 0 saturated heterocycles. The molecule has 0 radical (unpaired) electrons. The van der Waals surface area contributed by atoms with Gasteiger partial charge in [-0.3, -0.25) is 14.0 Å². The van der Waals surface area contributed by atoms with E-state index >= 15 is 0 Å². The zero-order valence-electron chi connectivity index (χ0n) is 14.0. The molecular weight excluding hydrogens is 341 g/mol. The van der Waals surface area contributed by atoms with Crippen molar-refractivity contribution in [3.05, 3.63) is 44.1 Å². The molecule has 2 heterocycles. The SMILES string of the molecule is CCn1c2cc(C3CCC(N)CC3)c(F)cc2c(=O)c2c(=O)[nH]sc21. The highest BCUT2D eigenvalue weighted by atomic mass is 32.1. The molecule has 3 aromatic rings. The molecule has 0 amide bonds. The summed E-state index contributed by atoms with van der Waals surface area (Å²) in [5.41, 5.74) is 6.52. The number of nitrogens with one attached hydrogen (secondary N) is 1. The number of rotatable bonds is 2. The average molecular weight is 361 g/mol. The molecule has 1 aliphatic rings. The van der Waals surface area contributed by atoms with Crippen LogP contribution in [-0.4, -0.2) is 15.0 Å². The Kier molecular flexibility index (Phi) is 4.00. The summed E-state index contributed by atoms with van der Waals surface area (Å²) in [5, 5.41) is 0.391. The van der Waals surface area contributed by atoms with Crippen LogP contribution in [0.5, 0.6) is 0 Å². The topological polar surface area (TPSA) is 80.9 Å². The molecule has 132 valence electrons. The van der Waals surface area contributed by atoms with Crippen LogP contribution in [0.25, 0.3) is 21.1 Å². The van der Waals surface area contributed by atoms with E-state index in [2.05, 4.69) is 4.37 Å². The molecule has 1 aromatic carbocycles. The van der Waals surface area contributed by atoms with Gasteiger partial charge in [-0.25, -0.2) is 4.39 Å². The maximum Gasteiger partial charge on any atom is 0.271 e. The number of hydrogen-bond donors (Lipinski definition) is 2. The summed E-state index contributed by atoms with van der Waals surface area (Å²) < 4.78 is 19.3. The highest BCUT2D eigenvalue weighted by Gasteiger charge is 2.24. The number of fused-ring (bicyclic) bond motifs is 2. The van der Waals surface area contributed by atoms with Gasteiger partial charge in [0.25, 0.3) is 5.56 Å². The van der Waals surface area contributed by atoms with Crippen molar-refractivity contribution in [3.8, 4) is 0 Å². The molecule has 0 spiro atoms. The van der Waals surface area contributed by atoms with Gasteiger partial charge in [0.1, 0.15) is 16.0 Å². The first-order valence-corrected chi connectivity index (χ1v) is 9.45. The van der Waals surface area contributed by atoms with Crippen LogP contribution in [0.1, 0.15) is 44.1 Å². The number of pyridine rings is 1. The van der Waals surface area contributed by atoms with E-state index in [1.165, 1.54) is 6.07 Å². The third kappa shape index (κ3) is 2.53. The number of halogens is 1. The van der Waals surface area contributed by atoms with Crippen molar-refractivity contribution in [3.63, 3.8) is 0 Å². The van der Waals surface area contributed by atoms with Crippen LogP contribution < -0.4 is 16.7 Å². The van der Waals surface area contributed by atoms with E-state index in [0.29, 0.717) is 22.5 Å². The second-order valence-corrected chi connectivity index (χ2v) is 7.58. The summed E-state index contributed by atoms with van der Waals surface area (Å²) in [4.78, 5) is 25.3. The number of benzene rings is 1. The summed E-state index contributed by atoms with van der Waals surface area (Å²) in [6.07, 6.45) is 3.50. The van der Waals surface area contributed by atoms with Crippen LogP contribution in [0.2, 0.25) is 0 Å². The van der Waals surface area contributed by atoms with Gasteiger partial charge in [0.15, 0.2) is 0 Å². The number of nitrogens with two attached hydrogens (primary N) is 1. The highest BCUT2D eigenvalue weighted by Crippen LogP contribution is 2.35. The molecule has 1 aliphatic carbocycles. The van der Waals surface area contributed by atoms with E-state index in [0.717, 1.165) is 37.2 Å². The highest BCUT2D eigenvalue weighted by molar-refractivity contribution is 7.12. The summed E-state index contributed by atoms with van der Waals surface area (Å²) in [6.45, 7) is 2.55. The zero-order valence-corrected chi connectivity index (χ0v) is 14.8. The lowest BCUT2D eigenvalue weighted by Gasteiger charge is -2.27. The van der Waals surface area contributed by atoms with Crippen molar-refractivity contribution in [1.29, 1.82) is 0 Å². The van der Waals surface area contributed by atoms with Crippen LogP contribution in [0, 0.1) is 5.82 Å². The second kappa shape index (κ2) is 6.07. The minimum Gasteiger partial charge on any atom is -0.331 e. The lowest BCUT2D eigenvalue weighted by atomic mass is 9.81. The molecule has 7 heteroatoms. The Morgan fingerprint density at radius 3 is 2.68 bits per heavy atom. The fraction of sp³-hybridized carbons (Fsp3) is 0.444. The van der Waals surface area contributed by atoms with Crippen LogP contribution in [-0.2, 0) is 6.54 Å². The fourth-order valence-electron chi connectivity index (χ4n) is 3.97. The predicted molar refractivity (Wildman–Crippen MR) is 99.0 cm³/mol. The lowest BCUT2D eigenvalue weighted by Crippen LogP contribution is -2.26. The average Bonchev–Trinajstić information content (AvgIpc) is 2.98. The third-order valence-corrected chi connectivity index (χ3v) is 6.24. The molecule has 5 nitrogen and oxygen atoms in total. The monoisotopic (exact) mass is 361 g/mol. The van der Waals surface area contributed by atoms with Crippen LogP contribution in [0.15, 0.2) is 21.7 Å². The quantitative estimate of drug-likeness (QED) is 0.736. The predicted octanol–water partition coefficient (Wildman–Crippen LogP) is 3.05. The van der Waals surface area contributed by atoms with Crippen molar-refractivity contribution >= 4 is 32.7 Å². The van der Waals surface area contributed by atoms with Gasteiger partial charge < -0.3 is 10.3 Å². The number of H-pyrrole nitrogens is 1. The Hall–Kier alpha value is -1.99. The third-order valence-electron chi connectivity index (χ3n) is 5.33. The van der Waals surface area contributed by atoms with Gasteiger partial charge in [0, 0.05) is 18.0 Å². The van der Waals surface area contributed by atoms with Crippen molar-refractivity contribution in [2.75, 3.05) is 0 Å². The molecular formula is C18H20FN3O2S. The van der Waals surface area contributed by atoms with Crippen molar-refractivity contribution in [1.82, 2.24) is 8.94 Å². The first-order chi connectivity index (χ1) is 12.0. The summed E-state index contributed by atoms with van der Waals surface area (Å²) in [5.74, 6) is -0.232. The number of aromatic nitrogens is 2. The van der Waals surface area contributed by atoms with Gasteiger partial charge in [-0.05, 0) is 67.8 Å². The van der Waals surface area contributed by atoms with E-state index in [1.54, 1.807) is 6.07 Å². The first kappa shape index (κ1) is 16.5. The summed E-state index contributed by atoms with van der Waals surface area (Å²) in [7, 11) is 0. The maximum atomic E-state index is 14.8. The fourth-order valence-corrected chi connectivity index (χ4v) is 4.88. The normalized spacial score (nSPS) is 21.2. The van der Waals surface area contributed by atoms with Gasteiger partial charge in [-0.15, -0.1) is 0 Å². The molecule has 0 unspecified atom stereocenters. The molecule has 3 N–H and O–H groups in total. The Bertz CT molecular complexity index is 1070. The van der Waals surface area contributed by atoms with Crippen molar-refractivity contribution in [2.24, 2.45) is 5.73 Å². The lowest BCUT2D eigenvalue weighted by molar-refractivity contribution is 0.387. The maximum absolute atomic E-state index is 14.8. The molecule has 1 fully saturated rings. The second-order valence-electron chi connectivity index (χ2n) is 6.79. The zero-order chi connectivity index (χ0) is 17.7. The summed E-state index contributed by atoms with van der Waals surface area (Å²) >= 11 is 1.16. The number of aryl methyl sites for hydroxylation is 1. The minimum absolute atomic E-state index is 0.120. The van der Waals surface area contributed by atoms with Gasteiger partial charge in [-0.2, -0.15) is 0 Å². The van der Waals surface area contributed by atoms with E-state index in [1.807, 2.05) is 11.5 Å². The van der Waals surface area contributed by atoms with E-state index in [4.69, 9.17) is 5.73 Å². The largest absolute Gasteiger partial charge is 0.331 e. The van der Waals surface area contributed by atoms with Crippen LogP contribution in [0.4, 0.5) is 4.39 Å². The van der Waals surface area contributed by atoms with Gasteiger partial charge in [0.2, 0.25) is 5.43 Å². The standard InChI is InChI=1S/C18H20FN3O2S/c1-2-22-14-8-11(9-3-5-10(20)6-4-9)13(19)7-12(14)16(23)15-17(24)21-25-18(15)22/h7-10H,2-6,20H2,1H3,(H,21,24). The number of aromatic amines is 1. The number of nitrogens with zero attached hydrogens (tertiary/aromatic N) is 1. The van der Waals surface area contributed by atoms with Crippen LogP contribution in [0.3, 0.4) is 0 Å². The molecule has 0 atom stereocenters. The first-order valence-electron chi connectivity index (χ1n) is 8.64. The van der Waals surface area contributed by atoms with E-state index in [9.17, 15) is 14.0 Å². The van der Waals surface area contributed by atoms with Gasteiger partial charge in [-0.1, -0.05) is 0 Å². The van der Waals surface area contributed by atoms with Crippen molar-refractivity contribution < 1.29 is 4.39 Å².